The maximum Gasteiger partial charge on any atom is 0.269 e. The van der Waals surface area contributed by atoms with Crippen LogP contribution in [0, 0.1) is 26.4 Å². The molecule has 9 heteroatoms. The largest absolute Gasteiger partial charge is 0.459 e. The van der Waals surface area contributed by atoms with Gasteiger partial charge in [-0.15, -0.1) is 10.2 Å². The first-order valence-electron chi connectivity index (χ1n) is 9.19. The summed E-state index contributed by atoms with van der Waals surface area (Å²) in [7, 11) is -4.94. The van der Waals surface area contributed by atoms with Crippen LogP contribution in [0.4, 0.5) is 5.69 Å². The number of rotatable bonds is 4. The van der Waals surface area contributed by atoms with Gasteiger partial charge in [-0.25, -0.2) is 18.6 Å². The molecule has 1 aliphatic heterocycles. The van der Waals surface area contributed by atoms with E-state index in [0.717, 1.165) is 28.0 Å². The lowest BCUT2D eigenvalue weighted by Gasteiger charge is -2.23. The first kappa shape index (κ1) is 23.1. The minimum absolute atomic E-state index is 0.0797. The number of nitrogens with zero attached hydrogens (tertiary/aromatic N) is 1. The van der Waals surface area contributed by atoms with Gasteiger partial charge in [0.05, 0.1) is 11.0 Å². The van der Waals surface area contributed by atoms with E-state index in [-0.39, 0.29) is 11.8 Å². The molecule has 0 radical (unpaired) electrons. The number of non-ortho nitro benzene ring substituents is 1. The summed E-state index contributed by atoms with van der Waals surface area (Å²) >= 11 is 0. The molecule has 0 amide bonds. The van der Waals surface area contributed by atoms with Gasteiger partial charge in [-0.1, -0.05) is 36.4 Å². The Morgan fingerprint density at radius 2 is 1.66 bits per heavy atom. The highest BCUT2D eigenvalue weighted by atomic mass is 35.7. The van der Waals surface area contributed by atoms with Crippen molar-refractivity contribution in [3.63, 3.8) is 0 Å². The standard InChI is InChI=1S/C23H16NO3.ClHO4/c25-24(26)20-13-10-17(11-14-20)12-15-23-21(18-6-2-1-3-7-18)16-19-8-4-5-9-22(19)27-23;2-1(3,4)5/h1-3,5-16,23H;(H,2,3,4,5)/q+1;/p-1. The average molecular weight is 454 g/mol. The fraction of sp³-hybridized carbons (Fsp3) is 0.0435. The van der Waals surface area contributed by atoms with E-state index in [1.54, 1.807) is 12.1 Å². The van der Waals surface area contributed by atoms with Gasteiger partial charge in [0, 0.05) is 29.9 Å². The van der Waals surface area contributed by atoms with Gasteiger partial charge in [0.1, 0.15) is 23.8 Å². The molecule has 0 spiro atoms. The maximum atomic E-state index is 10.8. The molecule has 2 aliphatic rings. The summed E-state index contributed by atoms with van der Waals surface area (Å²) in [6, 6.07) is 16.6. The highest BCUT2D eigenvalue weighted by Gasteiger charge is 2.27. The lowest BCUT2D eigenvalue weighted by atomic mass is 9.93. The molecule has 2 aromatic rings. The minimum Gasteiger partial charge on any atom is -0.459 e. The smallest absolute Gasteiger partial charge is 0.269 e. The Morgan fingerprint density at radius 3 is 2.28 bits per heavy atom. The van der Waals surface area contributed by atoms with Crippen molar-refractivity contribution in [3.8, 4) is 0 Å². The van der Waals surface area contributed by atoms with E-state index >= 15 is 0 Å². The Balaban J connectivity index is 0.000000523. The second-order valence-electron chi connectivity index (χ2n) is 6.55. The van der Waals surface area contributed by atoms with Gasteiger partial charge >= 0.3 is 0 Å². The number of hydrogen-bond donors (Lipinski definition) is 0. The zero-order valence-corrected chi connectivity index (χ0v) is 17.2. The van der Waals surface area contributed by atoms with Crippen LogP contribution in [0.5, 0.6) is 0 Å². The van der Waals surface area contributed by atoms with Gasteiger partial charge in [0.15, 0.2) is 0 Å². The van der Waals surface area contributed by atoms with Crippen molar-refractivity contribution in [1.82, 2.24) is 0 Å². The molecule has 0 bridgehead atoms. The van der Waals surface area contributed by atoms with Crippen LogP contribution in [-0.2, 0) is 4.74 Å². The average Bonchev–Trinajstić information content (AvgIpc) is 2.77. The first-order valence-corrected chi connectivity index (χ1v) is 10.4. The molecule has 32 heavy (non-hydrogen) atoms. The molecule has 1 unspecified atom stereocenters. The number of allylic oxidation sites excluding steroid dienone is 6. The molecule has 0 saturated carbocycles. The Morgan fingerprint density at radius 1 is 1.00 bits per heavy atom. The lowest BCUT2D eigenvalue weighted by molar-refractivity contribution is -2.00. The molecule has 162 valence electrons. The third kappa shape index (κ3) is 6.69. The Bertz CT molecular complexity index is 1110. The van der Waals surface area contributed by atoms with E-state index in [1.807, 2.05) is 48.6 Å². The van der Waals surface area contributed by atoms with Crippen molar-refractivity contribution >= 4 is 17.3 Å². The Hall–Kier alpha value is -3.62. The van der Waals surface area contributed by atoms with Crippen LogP contribution >= 0.6 is 0 Å². The van der Waals surface area contributed by atoms with Crippen molar-refractivity contribution in [2.24, 2.45) is 0 Å². The summed E-state index contributed by atoms with van der Waals surface area (Å²) < 4.78 is 40.2. The summed E-state index contributed by atoms with van der Waals surface area (Å²) in [6.45, 7) is 0. The van der Waals surface area contributed by atoms with Crippen molar-refractivity contribution in [2.45, 2.75) is 6.10 Å². The van der Waals surface area contributed by atoms with E-state index in [4.69, 9.17) is 23.4 Å². The van der Waals surface area contributed by atoms with Gasteiger partial charge in [-0.05, 0) is 29.3 Å². The summed E-state index contributed by atoms with van der Waals surface area (Å²) in [4.78, 5) is 10.4. The zero-order valence-electron chi connectivity index (χ0n) is 16.4. The summed E-state index contributed by atoms with van der Waals surface area (Å²) in [5.74, 6) is 0.812. The number of halogens is 1. The zero-order chi connectivity index (χ0) is 23.1. The van der Waals surface area contributed by atoms with E-state index in [9.17, 15) is 10.1 Å². The van der Waals surface area contributed by atoms with Crippen molar-refractivity contribution in [1.29, 1.82) is 0 Å². The van der Waals surface area contributed by atoms with Crippen LogP contribution in [0.3, 0.4) is 0 Å². The minimum atomic E-state index is -4.94. The van der Waals surface area contributed by atoms with Crippen molar-refractivity contribution < 1.29 is 38.5 Å². The van der Waals surface area contributed by atoms with Crippen LogP contribution < -0.4 is 18.6 Å². The molecule has 0 aromatic heterocycles. The van der Waals surface area contributed by atoms with E-state index in [1.165, 1.54) is 12.1 Å². The van der Waals surface area contributed by atoms with Gasteiger partial charge in [0.25, 0.3) is 5.69 Å². The molecule has 1 aliphatic carbocycles. The molecule has 8 nitrogen and oxygen atoms in total. The quantitative estimate of drug-likeness (QED) is 0.372. The first-order chi connectivity index (χ1) is 15.2. The second kappa shape index (κ2) is 10.1. The molecule has 4 rings (SSSR count). The predicted octanol–water partition coefficient (Wildman–Crippen LogP) is 0.518. The van der Waals surface area contributed by atoms with Crippen LogP contribution in [0.15, 0.2) is 96.3 Å². The fourth-order valence-electron chi connectivity index (χ4n) is 3.03. The molecular weight excluding hydrogens is 438 g/mol. The van der Waals surface area contributed by atoms with Gasteiger partial charge < -0.3 is 4.74 Å². The molecule has 0 saturated heterocycles. The normalized spacial score (nSPS) is 17.0. The summed E-state index contributed by atoms with van der Waals surface area (Å²) in [5, 5.41) is 10.8. The molecule has 2 aromatic carbocycles. The lowest BCUT2D eigenvalue weighted by Crippen LogP contribution is -2.68. The molecule has 1 atom stereocenters. The third-order valence-corrected chi connectivity index (χ3v) is 4.40. The molecular formula is C23H16ClNO7. The number of nitro benzene ring substituents is 1. The van der Waals surface area contributed by atoms with Crippen LogP contribution in [0.2, 0.25) is 0 Å². The van der Waals surface area contributed by atoms with Gasteiger partial charge in [0.2, 0.25) is 5.76 Å². The maximum absolute atomic E-state index is 10.8. The topological polar surface area (TPSA) is 145 Å². The van der Waals surface area contributed by atoms with Gasteiger partial charge in [-0.2, -0.15) is 0 Å². The number of ether oxygens (including phenoxy) is 1. The Labute approximate surface area is 185 Å². The van der Waals surface area contributed by atoms with Crippen LogP contribution in [0.25, 0.3) is 11.6 Å². The number of hydrogen-bond acceptors (Lipinski definition) is 7. The van der Waals surface area contributed by atoms with Crippen LogP contribution in [0.1, 0.15) is 11.1 Å². The molecule has 0 fully saturated rings. The summed E-state index contributed by atoms with van der Waals surface area (Å²) in [6.07, 6.45) is 14.5. The predicted molar refractivity (Wildman–Crippen MR) is 105 cm³/mol. The van der Waals surface area contributed by atoms with E-state index in [0.29, 0.717) is 0 Å². The third-order valence-electron chi connectivity index (χ3n) is 4.40. The number of nitro groups is 1. The van der Waals surface area contributed by atoms with Crippen LogP contribution in [-0.4, -0.2) is 11.0 Å². The van der Waals surface area contributed by atoms with Crippen molar-refractivity contribution in [2.75, 3.05) is 0 Å². The number of benzene rings is 2. The molecule has 1 heterocycles. The van der Waals surface area contributed by atoms with E-state index < -0.39 is 15.2 Å². The Kier molecular flexibility index (Phi) is 7.29. The SMILES string of the molecule is O=[N+]([O-])c1ccc(C=CC2OC3=C(C=[C+]C=C3)C=C2c2ccccc2)cc1.[O-][Cl+3]([O-])([O-])[O-]. The second-order valence-corrected chi connectivity index (χ2v) is 7.31. The monoisotopic (exact) mass is 453 g/mol. The highest BCUT2D eigenvalue weighted by Crippen LogP contribution is 2.33. The fourth-order valence-corrected chi connectivity index (χ4v) is 3.03. The summed E-state index contributed by atoms with van der Waals surface area (Å²) in [5.41, 5.74) is 4.10. The molecule has 0 N–H and O–H groups in total. The van der Waals surface area contributed by atoms with Gasteiger partial charge in [-0.3, -0.25) is 10.1 Å². The highest BCUT2D eigenvalue weighted by molar-refractivity contribution is 5.77. The van der Waals surface area contributed by atoms with Crippen molar-refractivity contribution in [3.05, 3.63) is 124 Å². The van der Waals surface area contributed by atoms with E-state index in [2.05, 4.69) is 24.3 Å².